The molecule has 2 saturated heterocycles. The number of carbonyl (C=O) groups is 1. The molecule has 1 N–H and O–H groups in total. The normalized spacial score (nSPS) is 24.5. The summed E-state index contributed by atoms with van der Waals surface area (Å²) in [5.41, 5.74) is 1.04. The summed E-state index contributed by atoms with van der Waals surface area (Å²) in [6.07, 6.45) is 1.09. The number of thioether (sulfide) groups is 1. The van der Waals surface area contributed by atoms with Crippen molar-refractivity contribution in [3.63, 3.8) is 0 Å². The largest absolute Gasteiger partial charge is 0.334 e. The Hall–Kier alpha value is -1.75. The summed E-state index contributed by atoms with van der Waals surface area (Å²) < 4.78 is 0. The van der Waals surface area contributed by atoms with E-state index >= 15 is 0 Å². The van der Waals surface area contributed by atoms with Gasteiger partial charge in [0, 0.05) is 40.6 Å². The predicted molar refractivity (Wildman–Crippen MR) is 80.3 cm³/mol. The average Bonchev–Trinajstić information content (AvgIpc) is 3.08. The van der Waals surface area contributed by atoms with Gasteiger partial charge in [-0.05, 0) is 12.5 Å². The average molecular weight is 286 g/mol. The van der Waals surface area contributed by atoms with Gasteiger partial charge in [-0.3, -0.25) is 9.59 Å². The maximum Gasteiger partial charge on any atom is 0.255 e. The third-order valence-corrected chi connectivity index (χ3v) is 5.53. The molecule has 4 nitrogen and oxygen atoms in total. The number of aromatic amines is 1. The Balaban J connectivity index is 1.82. The van der Waals surface area contributed by atoms with Gasteiger partial charge in [0.25, 0.3) is 5.91 Å². The van der Waals surface area contributed by atoms with Crippen LogP contribution in [0.1, 0.15) is 16.8 Å². The smallest absolute Gasteiger partial charge is 0.255 e. The molecule has 1 aromatic carbocycles. The highest BCUT2D eigenvalue weighted by atomic mass is 32.2. The first-order valence-electron chi connectivity index (χ1n) is 6.77. The first-order valence-corrected chi connectivity index (χ1v) is 7.82. The van der Waals surface area contributed by atoms with E-state index in [2.05, 4.69) is 4.98 Å². The molecule has 2 aliphatic rings. The molecule has 3 heterocycles. The number of hydrogen-bond donors (Lipinski definition) is 1. The highest BCUT2D eigenvalue weighted by molar-refractivity contribution is 8.00. The van der Waals surface area contributed by atoms with E-state index in [1.54, 1.807) is 0 Å². The maximum atomic E-state index is 12.8. The van der Waals surface area contributed by atoms with Crippen LogP contribution in [0.15, 0.2) is 35.1 Å². The van der Waals surface area contributed by atoms with Crippen molar-refractivity contribution in [1.29, 1.82) is 0 Å². The van der Waals surface area contributed by atoms with E-state index in [1.165, 1.54) is 6.07 Å². The lowest BCUT2D eigenvalue weighted by Crippen LogP contribution is -2.39. The molecule has 4 rings (SSSR count). The number of hydrogen-bond acceptors (Lipinski definition) is 3. The number of fused-ring (bicyclic) bond motifs is 3. The molecule has 20 heavy (non-hydrogen) atoms. The van der Waals surface area contributed by atoms with Gasteiger partial charge >= 0.3 is 0 Å². The molecule has 2 atom stereocenters. The van der Waals surface area contributed by atoms with Crippen molar-refractivity contribution in [1.82, 2.24) is 9.88 Å². The van der Waals surface area contributed by atoms with Gasteiger partial charge in [-0.25, -0.2) is 0 Å². The number of rotatable bonds is 1. The lowest BCUT2D eigenvalue weighted by atomic mass is 10.1. The van der Waals surface area contributed by atoms with Crippen LogP contribution in [0.25, 0.3) is 10.9 Å². The van der Waals surface area contributed by atoms with Crippen LogP contribution in [-0.2, 0) is 0 Å². The lowest BCUT2D eigenvalue weighted by molar-refractivity contribution is 0.0749. The zero-order valence-corrected chi connectivity index (χ0v) is 11.7. The number of likely N-dealkylation sites (tertiary alicyclic amines) is 1. The number of nitrogens with zero attached hydrogens (tertiary/aromatic N) is 1. The van der Waals surface area contributed by atoms with Gasteiger partial charge in [0.1, 0.15) is 0 Å². The van der Waals surface area contributed by atoms with Crippen LogP contribution >= 0.6 is 11.8 Å². The zero-order chi connectivity index (χ0) is 13.7. The fourth-order valence-corrected chi connectivity index (χ4v) is 4.62. The Morgan fingerprint density at radius 2 is 2.20 bits per heavy atom. The summed E-state index contributed by atoms with van der Waals surface area (Å²) in [6, 6.07) is 9.26. The van der Waals surface area contributed by atoms with Gasteiger partial charge in [-0.15, -0.1) is 0 Å². The standard InChI is InChI=1S/C15H14N2O2S/c18-14-6-12(11-3-1-2-4-13(11)16-14)15(19)17-7-10-5-9(17)8-20-10/h1-4,6,9-10H,5,7-8H2,(H,16,18)/t9-,10+/m0/s1. The van der Waals surface area contributed by atoms with Gasteiger partial charge in [-0.1, -0.05) is 18.2 Å². The summed E-state index contributed by atoms with van der Waals surface area (Å²) in [5, 5.41) is 1.41. The van der Waals surface area contributed by atoms with Crippen LogP contribution < -0.4 is 5.56 Å². The topological polar surface area (TPSA) is 53.2 Å². The van der Waals surface area contributed by atoms with Crippen molar-refractivity contribution in [2.75, 3.05) is 12.3 Å². The molecule has 102 valence electrons. The van der Waals surface area contributed by atoms with Crippen molar-refractivity contribution in [3.05, 3.63) is 46.2 Å². The summed E-state index contributed by atoms with van der Waals surface area (Å²) in [4.78, 5) is 29.2. The number of pyridine rings is 1. The van der Waals surface area contributed by atoms with Gasteiger partial charge in [0.15, 0.2) is 0 Å². The number of aromatic nitrogens is 1. The number of para-hydroxylation sites is 1. The van der Waals surface area contributed by atoms with Crippen LogP contribution in [-0.4, -0.2) is 39.4 Å². The van der Waals surface area contributed by atoms with Gasteiger partial charge in [-0.2, -0.15) is 11.8 Å². The summed E-state index contributed by atoms with van der Waals surface area (Å²) >= 11 is 1.95. The number of nitrogens with one attached hydrogen (secondary N) is 1. The second-order valence-electron chi connectivity index (χ2n) is 5.40. The minimum absolute atomic E-state index is 0.0000926. The second kappa shape index (κ2) is 4.38. The monoisotopic (exact) mass is 286 g/mol. The number of benzene rings is 1. The molecule has 1 aromatic heterocycles. The summed E-state index contributed by atoms with van der Waals surface area (Å²) in [5.74, 6) is 1.03. The fraction of sp³-hybridized carbons (Fsp3) is 0.333. The number of H-pyrrole nitrogens is 1. The minimum Gasteiger partial charge on any atom is -0.334 e. The van der Waals surface area contributed by atoms with Crippen LogP contribution in [0.5, 0.6) is 0 Å². The number of carbonyl (C=O) groups excluding carboxylic acids is 1. The lowest BCUT2D eigenvalue weighted by Gasteiger charge is -2.27. The Morgan fingerprint density at radius 1 is 1.35 bits per heavy atom. The molecule has 2 aliphatic heterocycles. The van der Waals surface area contributed by atoms with E-state index in [4.69, 9.17) is 0 Å². The van der Waals surface area contributed by atoms with Crippen molar-refractivity contribution in [3.8, 4) is 0 Å². The van der Waals surface area contributed by atoms with Crippen molar-refractivity contribution >= 4 is 28.6 Å². The van der Waals surface area contributed by atoms with Crippen molar-refractivity contribution < 1.29 is 4.79 Å². The van der Waals surface area contributed by atoms with Gasteiger partial charge in [0.05, 0.1) is 5.56 Å². The highest BCUT2D eigenvalue weighted by Crippen LogP contribution is 2.38. The van der Waals surface area contributed by atoms with E-state index in [0.717, 1.165) is 29.6 Å². The summed E-state index contributed by atoms with van der Waals surface area (Å²) in [6.45, 7) is 0.815. The quantitative estimate of drug-likeness (QED) is 0.870. The van der Waals surface area contributed by atoms with Gasteiger partial charge in [0.2, 0.25) is 5.56 Å². The SMILES string of the molecule is O=C(c1cc(=O)[nH]c2ccccc12)N1C[C@H]2C[C@H]1CS2. The molecule has 0 unspecified atom stereocenters. The Morgan fingerprint density at radius 3 is 2.95 bits per heavy atom. The van der Waals surface area contributed by atoms with Gasteiger partial charge < -0.3 is 9.88 Å². The molecular weight excluding hydrogens is 272 g/mol. The van der Waals surface area contributed by atoms with E-state index in [1.807, 2.05) is 40.9 Å². The summed E-state index contributed by atoms with van der Waals surface area (Å²) in [7, 11) is 0. The first kappa shape index (κ1) is 12.0. The van der Waals surface area contributed by atoms with E-state index in [-0.39, 0.29) is 11.5 Å². The Kier molecular flexibility index (Phi) is 2.63. The van der Waals surface area contributed by atoms with Crippen LogP contribution in [0.3, 0.4) is 0 Å². The third-order valence-electron chi connectivity index (χ3n) is 4.14. The molecule has 0 radical (unpaired) electrons. The predicted octanol–water partition coefficient (Wildman–Crippen LogP) is 1.86. The maximum absolute atomic E-state index is 12.8. The third kappa shape index (κ3) is 1.77. The Labute approximate surface area is 120 Å². The fourth-order valence-electron chi connectivity index (χ4n) is 3.18. The molecule has 1 amide bonds. The van der Waals surface area contributed by atoms with E-state index < -0.39 is 0 Å². The van der Waals surface area contributed by atoms with E-state index in [0.29, 0.717) is 16.9 Å². The van der Waals surface area contributed by atoms with Crippen LogP contribution in [0.4, 0.5) is 0 Å². The zero-order valence-electron chi connectivity index (χ0n) is 10.8. The van der Waals surface area contributed by atoms with Crippen molar-refractivity contribution in [2.24, 2.45) is 0 Å². The Bertz CT molecular complexity index is 755. The van der Waals surface area contributed by atoms with E-state index in [9.17, 15) is 9.59 Å². The molecular formula is C15H14N2O2S. The molecule has 0 aliphatic carbocycles. The molecule has 0 saturated carbocycles. The second-order valence-corrected chi connectivity index (χ2v) is 6.73. The molecule has 2 aromatic rings. The first-order chi connectivity index (χ1) is 9.72. The van der Waals surface area contributed by atoms with Crippen molar-refractivity contribution in [2.45, 2.75) is 17.7 Å². The highest BCUT2D eigenvalue weighted by Gasteiger charge is 2.41. The minimum atomic E-state index is -0.217. The molecule has 5 heteroatoms. The number of amides is 1. The van der Waals surface area contributed by atoms with Crippen LogP contribution in [0.2, 0.25) is 0 Å². The van der Waals surface area contributed by atoms with Crippen LogP contribution in [0, 0.1) is 0 Å². The molecule has 0 spiro atoms. The molecule has 2 fully saturated rings. The molecule has 2 bridgehead atoms.